The van der Waals surface area contributed by atoms with Crippen molar-refractivity contribution in [1.82, 2.24) is 35.6 Å². The molecule has 3 aliphatic heterocycles. The monoisotopic (exact) mass is 785 g/mol. The number of rotatable bonds is 19. The molecule has 0 aromatic rings. The third kappa shape index (κ3) is 15.5. The van der Waals surface area contributed by atoms with Gasteiger partial charge in [0.2, 0.25) is 5.91 Å². The molecule has 4 fully saturated rings. The number of carbonyl (C=O) groups excluding carboxylic acids is 2. The number of thioether (sulfide) groups is 1. The van der Waals surface area contributed by atoms with E-state index >= 15 is 0 Å². The van der Waals surface area contributed by atoms with E-state index in [0.29, 0.717) is 18.3 Å². The maximum absolute atomic E-state index is 12.7. The van der Waals surface area contributed by atoms with Crippen molar-refractivity contribution < 1.29 is 53.9 Å². The van der Waals surface area contributed by atoms with E-state index in [1.807, 2.05) is 16.7 Å². The van der Waals surface area contributed by atoms with Crippen molar-refractivity contribution in [1.29, 1.82) is 0 Å². The summed E-state index contributed by atoms with van der Waals surface area (Å²) in [5.74, 6) is -3.18. The molecule has 0 spiro atoms. The first kappa shape index (κ1) is 43.5. The molecular formula is C35H59N7O11S. The van der Waals surface area contributed by atoms with Crippen LogP contribution in [0.4, 0.5) is 4.79 Å². The zero-order chi connectivity index (χ0) is 39.0. The van der Waals surface area contributed by atoms with Gasteiger partial charge in [-0.25, -0.2) is 4.79 Å². The third-order valence-electron chi connectivity index (χ3n) is 10.8. The van der Waals surface area contributed by atoms with E-state index in [-0.39, 0.29) is 121 Å². The molecule has 19 heteroatoms. The molecule has 4 aliphatic rings. The van der Waals surface area contributed by atoms with Crippen LogP contribution in [0.15, 0.2) is 0 Å². The molecule has 3 heterocycles. The van der Waals surface area contributed by atoms with Crippen molar-refractivity contribution in [3.63, 3.8) is 0 Å². The maximum atomic E-state index is 12.7. The maximum Gasteiger partial charge on any atom is 0.317 e. The van der Waals surface area contributed by atoms with Crippen molar-refractivity contribution in [3.8, 4) is 0 Å². The average Bonchev–Trinajstić information content (AvgIpc) is 3.65. The number of fused-ring (bicyclic) bond motifs is 1. The predicted octanol–water partition coefficient (Wildman–Crippen LogP) is -0.277. The number of nitrogens with one attached hydrogen (secondary N) is 3. The summed E-state index contributed by atoms with van der Waals surface area (Å²) in [7, 11) is 0. The highest BCUT2D eigenvalue weighted by molar-refractivity contribution is 8.00. The van der Waals surface area contributed by atoms with Crippen molar-refractivity contribution in [2.75, 3.05) is 91.0 Å². The van der Waals surface area contributed by atoms with E-state index in [0.717, 1.165) is 57.1 Å². The molecule has 3 saturated heterocycles. The van der Waals surface area contributed by atoms with Crippen molar-refractivity contribution in [2.45, 2.75) is 87.2 Å². The van der Waals surface area contributed by atoms with Crippen LogP contribution in [0.2, 0.25) is 0 Å². The van der Waals surface area contributed by atoms with Crippen molar-refractivity contribution >= 4 is 47.6 Å². The minimum atomic E-state index is -1.04. The molecule has 0 aromatic heterocycles. The Hall–Kier alpha value is -3.23. The number of ether oxygens (including phenoxy) is 1. The van der Waals surface area contributed by atoms with Gasteiger partial charge < -0.3 is 41.1 Å². The van der Waals surface area contributed by atoms with Gasteiger partial charge in [-0.2, -0.15) is 11.8 Å². The predicted molar refractivity (Wildman–Crippen MR) is 199 cm³/mol. The van der Waals surface area contributed by atoms with Crippen LogP contribution in [-0.4, -0.2) is 196 Å². The van der Waals surface area contributed by atoms with Gasteiger partial charge in [-0.3, -0.25) is 43.6 Å². The van der Waals surface area contributed by atoms with Crippen LogP contribution < -0.4 is 16.0 Å². The number of aliphatic carboxylic acids is 4. The number of carboxylic acid groups (broad SMARTS) is 4. The van der Waals surface area contributed by atoms with E-state index in [9.17, 15) is 49.2 Å². The molecule has 18 nitrogen and oxygen atoms in total. The Morgan fingerprint density at radius 2 is 1.33 bits per heavy atom. The van der Waals surface area contributed by atoms with E-state index in [1.165, 1.54) is 0 Å². The van der Waals surface area contributed by atoms with E-state index in [2.05, 4.69) is 16.0 Å². The lowest BCUT2D eigenvalue weighted by Crippen LogP contribution is -2.53. The smallest absolute Gasteiger partial charge is 0.317 e. The van der Waals surface area contributed by atoms with Gasteiger partial charge in [-0.1, -0.05) is 12.8 Å². The number of hydrogen-bond acceptors (Lipinski definition) is 12. The van der Waals surface area contributed by atoms with Gasteiger partial charge in [0.25, 0.3) is 0 Å². The van der Waals surface area contributed by atoms with Crippen molar-refractivity contribution in [2.24, 2.45) is 5.92 Å². The summed E-state index contributed by atoms with van der Waals surface area (Å²) in [5, 5.41) is 48.0. The van der Waals surface area contributed by atoms with Gasteiger partial charge in [0.15, 0.2) is 0 Å². The fourth-order valence-electron chi connectivity index (χ4n) is 8.12. The number of unbranched alkanes of at least 4 members (excludes halogenated alkanes) is 2. The Balaban J connectivity index is 1.24. The molecule has 4 rings (SSSR count). The number of nitrogens with zero attached hydrogens (tertiary/aromatic N) is 4. The van der Waals surface area contributed by atoms with Crippen LogP contribution in [0.3, 0.4) is 0 Å². The average molecular weight is 786 g/mol. The molecule has 0 bridgehead atoms. The number of carbonyl (C=O) groups is 6. The summed E-state index contributed by atoms with van der Waals surface area (Å²) in [5.41, 5.74) is 0. The van der Waals surface area contributed by atoms with Crippen LogP contribution in [0.5, 0.6) is 0 Å². The standard InChI is InChI=1S/C35H59N7O11S/c43-29(22-53-15-3-1-2-4-28-34-27(23-54-28)37-35(52)38-34)36-25-7-5-24(6-8-25)16-26-17-41(20-32(48)49)12-11-39(18-30(44)45)9-10-40(19-31(46)47)13-14-42(26)21-33(50)51/h24-28,34H,1-23H2,(H,36,43)(H,44,45)(H,46,47)(H,48,49)(H,50,51)(H2,37,38,52). The molecule has 306 valence electrons. The zero-order valence-electron chi connectivity index (χ0n) is 31.1. The Bertz CT molecular complexity index is 1270. The summed E-state index contributed by atoms with van der Waals surface area (Å²) in [4.78, 5) is 78.2. The Kier molecular flexibility index (Phi) is 18.0. The summed E-state index contributed by atoms with van der Waals surface area (Å²) < 4.78 is 5.65. The minimum absolute atomic E-state index is 0.00427. The SMILES string of the molecule is O=C(O)CN1CCN(CC(=O)O)CCN(CC(=O)O)C(CC2CCC(NC(=O)COCCCCCC3SCC4NC(=O)NC43)CC2)CN(CC(=O)O)CC1. The van der Waals surface area contributed by atoms with Gasteiger partial charge in [-0.05, 0) is 50.9 Å². The Labute approximate surface area is 320 Å². The highest BCUT2D eigenvalue weighted by atomic mass is 32.2. The Morgan fingerprint density at radius 1 is 0.741 bits per heavy atom. The van der Waals surface area contributed by atoms with Gasteiger partial charge in [-0.15, -0.1) is 0 Å². The molecule has 4 atom stereocenters. The highest BCUT2D eigenvalue weighted by Gasteiger charge is 2.42. The van der Waals surface area contributed by atoms with Crippen LogP contribution in [0.1, 0.15) is 57.8 Å². The molecule has 54 heavy (non-hydrogen) atoms. The second-order valence-electron chi connectivity index (χ2n) is 15.0. The van der Waals surface area contributed by atoms with Gasteiger partial charge in [0, 0.05) is 75.5 Å². The number of carboxylic acids is 4. The quantitative estimate of drug-likeness (QED) is 0.0658. The fourth-order valence-corrected chi connectivity index (χ4v) is 9.66. The Morgan fingerprint density at radius 3 is 1.96 bits per heavy atom. The van der Waals surface area contributed by atoms with E-state index in [4.69, 9.17) is 4.74 Å². The van der Waals surface area contributed by atoms with Crippen molar-refractivity contribution in [3.05, 3.63) is 0 Å². The minimum Gasteiger partial charge on any atom is -0.480 e. The zero-order valence-corrected chi connectivity index (χ0v) is 31.9. The van der Waals surface area contributed by atoms with Gasteiger partial charge in [0.05, 0.1) is 38.3 Å². The summed E-state index contributed by atoms with van der Waals surface area (Å²) in [6.07, 6.45) is 7.59. The first-order chi connectivity index (χ1) is 25.8. The summed E-state index contributed by atoms with van der Waals surface area (Å²) >= 11 is 1.90. The second-order valence-corrected chi connectivity index (χ2v) is 16.3. The summed E-state index contributed by atoms with van der Waals surface area (Å²) in [6.45, 7) is 1.12. The second kappa shape index (κ2) is 22.4. The number of hydrogen-bond donors (Lipinski definition) is 7. The largest absolute Gasteiger partial charge is 0.480 e. The topological polar surface area (TPSA) is 242 Å². The van der Waals surface area contributed by atoms with Crippen LogP contribution in [0.25, 0.3) is 0 Å². The third-order valence-corrected chi connectivity index (χ3v) is 12.3. The molecular weight excluding hydrogens is 726 g/mol. The first-order valence-electron chi connectivity index (χ1n) is 19.2. The van der Waals surface area contributed by atoms with Gasteiger partial charge in [0.1, 0.15) is 6.61 Å². The lowest BCUT2D eigenvalue weighted by Gasteiger charge is -2.40. The van der Waals surface area contributed by atoms with Crippen LogP contribution in [0, 0.1) is 5.92 Å². The summed E-state index contributed by atoms with van der Waals surface area (Å²) in [6, 6.07) is 0.0116. The molecule has 1 saturated carbocycles. The lowest BCUT2D eigenvalue weighted by atomic mass is 9.82. The first-order valence-corrected chi connectivity index (χ1v) is 20.2. The lowest BCUT2D eigenvalue weighted by molar-refractivity contribution is -0.142. The highest BCUT2D eigenvalue weighted by Crippen LogP contribution is 2.33. The molecule has 0 radical (unpaired) electrons. The number of amides is 3. The van der Waals surface area contributed by atoms with Crippen LogP contribution >= 0.6 is 11.8 Å². The molecule has 3 amide bonds. The molecule has 7 N–H and O–H groups in total. The molecule has 1 aliphatic carbocycles. The van der Waals surface area contributed by atoms with Gasteiger partial charge >= 0.3 is 29.9 Å². The number of urea groups is 1. The van der Waals surface area contributed by atoms with E-state index in [1.54, 1.807) is 14.7 Å². The molecule has 0 aromatic carbocycles. The van der Waals surface area contributed by atoms with Crippen LogP contribution in [-0.2, 0) is 28.7 Å². The molecule has 4 unspecified atom stereocenters. The van der Waals surface area contributed by atoms with E-state index < -0.39 is 23.9 Å². The fraction of sp³-hybridized carbons (Fsp3) is 0.829. The normalized spacial score (nSPS) is 27.9.